The third-order valence-corrected chi connectivity index (χ3v) is 12.4. The summed E-state index contributed by atoms with van der Waals surface area (Å²) >= 11 is 0. The predicted octanol–water partition coefficient (Wildman–Crippen LogP) is 15.3. The fraction of sp³-hybridized carbons (Fsp3) is 0.962. The van der Waals surface area contributed by atoms with E-state index in [0.717, 1.165) is 50.4 Å². The van der Waals surface area contributed by atoms with Gasteiger partial charge in [0.25, 0.3) is 0 Å². The molecule has 0 fully saturated rings. The number of hydrogen-bond donors (Lipinski definition) is 0. The van der Waals surface area contributed by atoms with Gasteiger partial charge in [0.2, 0.25) is 0 Å². The SMILES string of the molecule is CCCCC(CCCC)CCCCOC(=O)CCCCCCCCCN(CCCCCCCCCC(=O)OCCCCC(CCCC)CCCC)CCCCN(C)C. The summed E-state index contributed by atoms with van der Waals surface area (Å²) in [6.07, 6.45) is 44.0. The van der Waals surface area contributed by atoms with Crippen LogP contribution in [0.5, 0.6) is 0 Å². The highest BCUT2D eigenvalue weighted by Gasteiger charge is 2.11. The van der Waals surface area contributed by atoms with Crippen molar-refractivity contribution in [3.05, 3.63) is 0 Å². The lowest BCUT2D eigenvalue weighted by atomic mass is 9.91. The van der Waals surface area contributed by atoms with Crippen molar-refractivity contribution in [2.24, 2.45) is 11.8 Å². The van der Waals surface area contributed by atoms with E-state index in [1.54, 1.807) is 0 Å². The Morgan fingerprint density at radius 2 is 0.655 bits per heavy atom. The van der Waals surface area contributed by atoms with Crippen LogP contribution >= 0.6 is 0 Å². The summed E-state index contributed by atoms with van der Waals surface area (Å²) in [5.74, 6) is 1.76. The van der Waals surface area contributed by atoms with Gasteiger partial charge in [0, 0.05) is 12.8 Å². The third kappa shape index (κ3) is 41.6. The van der Waals surface area contributed by atoms with E-state index in [-0.39, 0.29) is 11.9 Å². The van der Waals surface area contributed by atoms with Crippen LogP contribution in [0.4, 0.5) is 0 Å². The summed E-state index contributed by atoms with van der Waals surface area (Å²) in [4.78, 5) is 29.5. The van der Waals surface area contributed by atoms with E-state index >= 15 is 0 Å². The number of nitrogens with zero attached hydrogens (tertiary/aromatic N) is 2. The van der Waals surface area contributed by atoms with Crippen LogP contribution in [-0.2, 0) is 19.1 Å². The second kappa shape index (κ2) is 45.4. The quantitative estimate of drug-likeness (QED) is 0.0450. The predicted molar refractivity (Wildman–Crippen MR) is 253 cm³/mol. The van der Waals surface area contributed by atoms with Crippen LogP contribution < -0.4 is 0 Å². The first-order valence-electron chi connectivity index (χ1n) is 26.0. The monoisotopic (exact) mass is 821 g/mol. The molecular formula is C52H104N2O4. The maximum Gasteiger partial charge on any atom is 0.305 e. The molecule has 0 aliphatic carbocycles. The molecule has 0 atom stereocenters. The Balaban J connectivity index is 3.95. The Bertz CT molecular complexity index is 775. The van der Waals surface area contributed by atoms with Crippen molar-refractivity contribution >= 4 is 11.9 Å². The van der Waals surface area contributed by atoms with Crippen molar-refractivity contribution in [1.29, 1.82) is 0 Å². The van der Waals surface area contributed by atoms with Gasteiger partial charge in [-0.3, -0.25) is 9.59 Å². The molecule has 0 bridgehead atoms. The molecule has 0 aromatic heterocycles. The topological polar surface area (TPSA) is 59.1 Å². The Hall–Kier alpha value is -1.14. The molecule has 0 saturated heterocycles. The average Bonchev–Trinajstić information content (AvgIpc) is 3.21. The van der Waals surface area contributed by atoms with Gasteiger partial charge < -0.3 is 19.3 Å². The highest BCUT2D eigenvalue weighted by Crippen LogP contribution is 2.23. The van der Waals surface area contributed by atoms with Crippen molar-refractivity contribution < 1.29 is 19.1 Å². The van der Waals surface area contributed by atoms with Gasteiger partial charge in [-0.05, 0) is 116 Å². The molecule has 0 aromatic carbocycles. The molecule has 0 spiro atoms. The zero-order valence-corrected chi connectivity index (χ0v) is 40.4. The molecule has 6 nitrogen and oxygen atoms in total. The second-order valence-corrected chi connectivity index (χ2v) is 18.5. The maximum absolute atomic E-state index is 12.2. The molecule has 0 aromatic rings. The molecule has 0 radical (unpaired) electrons. The molecule has 0 unspecified atom stereocenters. The van der Waals surface area contributed by atoms with Gasteiger partial charge in [-0.15, -0.1) is 0 Å². The first-order valence-corrected chi connectivity index (χ1v) is 26.0. The van der Waals surface area contributed by atoms with E-state index in [1.165, 1.54) is 206 Å². The summed E-state index contributed by atoms with van der Waals surface area (Å²) in [6.45, 7) is 15.3. The summed E-state index contributed by atoms with van der Waals surface area (Å²) in [5, 5.41) is 0. The fourth-order valence-electron chi connectivity index (χ4n) is 8.50. The van der Waals surface area contributed by atoms with E-state index in [0.29, 0.717) is 26.1 Å². The van der Waals surface area contributed by atoms with Gasteiger partial charge in [0.1, 0.15) is 0 Å². The van der Waals surface area contributed by atoms with E-state index in [9.17, 15) is 9.59 Å². The summed E-state index contributed by atoms with van der Waals surface area (Å²) < 4.78 is 11.1. The third-order valence-electron chi connectivity index (χ3n) is 12.4. The number of carbonyl (C=O) groups is 2. The van der Waals surface area contributed by atoms with Crippen molar-refractivity contribution in [2.45, 2.75) is 259 Å². The van der Waals surface area contributed by atoms with Crippen LogP contribution in [0.2, 0.25) is 0 Å². The molecular weight excluding hydrogens is 717 g/mol. The average molecular weight is 821 g/mol. The Labute approximate surface area is 363 Å². The molecule has 0 aliphatic rings. The van der Waals surface area contributed by atoms with E-state index in [1.807, 2.05) is 0 Å². The molecule has 0 heterocycles. The molecule has 0 amide bonds. The minimum atomic E-state index is 0.0118. The number of ether oxygens (including phenoxy) is 2. The van der Waals surface area contributed by atoms with Crippen molar-refractivity contribution in [2.75, 3.05) is 53.5 Å². The Morgan fingerprint density at radius 1 is 0.362 bits per heavy atom. The van der Waals surface area contributed by atoms with Crippen molar-refractivity contribution in [3.8, 4) is 0 Å². The number of carbonyl (C=O) groups excluding carboxylic acids is 2. The molecule has 0 aliphatic heterocycles. The van der Waals surface area contributed by atoms with Crippen LogP contribution in [0, 0.1) is 11.8 Å². The van der Waals surface area contributed by atoms with Crippen LogP contribution in [0.1, 0.15) is 259 Å². The number of unbranched alkanes of at least 4 members (excludes halogenated alkanes) is 19. The standard InChI is InChI=1S/C52H104N2O4/c1-7-11-35-49(36-12-8-2)39-27-33-47-57-51(55)41-25-21-17-15-19-23-29-44-54(46-32-31-43-53(5)6)45-30-24-20-16-18-22-26-42-52(56)58-48-34-28-40-50(37-13-9-3)38-14-10-4/h49-50H,7-48H2,1-6H3. The molecule has 58 heavy (non-hydrogen) atoms. The molecule has 0 rings (SSSR count). The van der Waals surface area contributed by atoms with Gasteiger partial charge in [-0.25, -0.2) is 0 Å². The molecule has 6 heteroatoms. The van der Waals surface area contributed by atoms with Crippen LogP contribution in [0.3, 0.4) is 0 Å². The number of rotatable bonds is 47. The van der Waals surface area contributed by atoms with Gasteiger partial charge in [0.15, 0.2) is 0 Å². The minimum Gasteiger partial charge on any atom is -0.466 e. The lowest BCUT2D eigenvalue weighted by molar-refractivity contribution is -0.144. The van der Waals surface area contributed by atoms with Crippen molar-refractivity contribution in [3.63, 3.8) is 0 Å². The number of esters is 2. The van der Waals surface area contributed by atoms with Gasteiger partial charge in [-0.1, -0.05) is 182 Å². The maximum atomic E-state index is 12.2. The lowest BCUT2D eigenvalue weighted by Crippen LogP contribution is -2.28. The normalized spacial score (nSPS) is 11.8. The van der Waals surface area contributed by atoms with E-state index in [2.05, 4.69) is 51.6 Å². The number of hydrogen-bond acceptors (Lipinski definition) is 6. The van der Waals surface area contributed by atoms with Crippen LogP contribution in [0.25, 0.3) is 0 Å². The zero-order valence-electron chi connectivity index (χ0n) is 40.4. The van der Waals surface area contributed by atoms with E-state index < -0.39 is 0 Å². The second-order valence-electron chi connectivity index (χ2n) is 18.5. The molecule has 0 saturated carbocycles. The van der Waals surface area contributed by atoms with Crippen LogP contribution in [0.15, 0.2) is 0 Å². The van der Waals surface area contributed by atoms with Gasteiger partial charge >= 0.3 is 11.9 Å². The highest BCUT2D eigenvalue weighted by molar-refractivity contribution is 5.69. The fourth-order valence-corrected chi connectivity index (χ4v) is 8.50. The summed E-state index contributed by atoms with van der Waals surface area (Å²) in [6, 6.07) is 0. The zero-order chi connectivity index (χ0) is 42.6. The smallest absolute Gasteiger partial charge is 0.305 e. The summed E-state index contributed by atoms with van der Waals surface area (Å²) in [5.41, 5.74) is 0. The minimum absolute atomic E-state index is 0.0118. The Kier molecular flexibility index (Phi) is 44.5. The van der Waals surface area contributed by atoms with Crippen molar-refractivity contribution in [1.82, 2.24) is 9.80 Å². The summed E-state index contributed by atoms with van der Waals surface area (Å²) in [7, 11) is 4.35. The van der Waals surface area contributed by atoms with E-state index in [4.69, 9.17) is 9.47 Å². The molecule has 0 N–H and O–H groups in total. The van der Waals surface area contributed by atoms with Gasteiger partial charge in [-0.2, -0.15) is 0 Å². The highest BCUT2D eigenvalue weighted by atomic mass is 16.5. The first kappa shape index (κ1) is 56.9. The largest absolute Gasteiger partial charge is 0.466 e. The van der Waals surface area contributed by atoms with Crippen LogP contribution in [-0.4, -0.2) is 75.2 Å². The van der Waals surface area contributed by atoms with Gasteiger partial charge in [0.05, 0.1) is 13.2 Å². The molecule has 346 valence electrons. The lowest BCUT2D eigenvalue weighted by Gasteiger charge is -2.23. The Morgan fingerprint density at radius 3 is 1.00 bits per heavy atom. The first-order chi connectivity index (χ1) is 28.4.